The topological polar surface area (TPSA) is 18.5 Å². The average molecular weight is 354 g/mol. The second-order valence-electron chi connectivity index (χ2n) is 5.99. The Bertz CT molecular complexity index is 455. The molecule has 0 aromatic heterocycles. The van der Waals surface area contributed by atoms with E-state index in [4.69, 9.17) is 0 Å². The van der Waals surface area contributed by atoms with Crippen LogP contribution >= 0.6 is 15.9 Å². The minimum absolute atomic E-state index is 0.376. The van der Waals surface area contributed by atoms with Crippen LogP contribution in [0.2, 0.25) is 0 Å². The van der Waals surface area contributed by atoms with Crippen molar-refractivity contribution in [1.29, 1.82) is 0 Å². The van der Waals surface area contributed by atoms with Crippen molar-refractivity contribution in [3.05, 3.63) is 28.2 Å². The van der Waals surface area contributed by atoms with E-state index in [2.05, 4.69) is 70.0 Å². The Labute approximate surface area is 137 Å². The molecule has 1 N–H and O–H groups in total. The van der Waals surface area contributed by atoms with E-state index >= 15 is 0 Å². The number of hydrogen-bond donors (Lipinski definition) is 1. The number of hydrogen-bond acceptors (Lipinski definition) is 3. The van der Waals surface area contributed by atoms with Gasteiger partial charge in [0.25, 0.3) is 0 Å². The molecule has 1 saturated heterocycles. The van der Waals surface area contributed by atoms with E-state index in [9.17, 15) is 0 Å². The van der Waals surface area contributed by atoms with Crippen molar-refractivity contribution >= 4 is 21.6 Å². The minimum Gasteiger partial charge on any atom is -0.369 e. The van der Waals surface area contributed by atoms with Gasteiger partial charge in [-0.2, -0.15) is 0 Å². The lowest BCUT2D eigenvalue weighted by molar-refractivity contribution is 0.192. The third-order valence-corrected chi connectivity index (χ3v) is 5.25. The first-order valence-electron chi connectivity index (χ1n) is 8.02. The summed E-state index contributed by atoms with van der Waals surface area (Å²) >= 11 is 3.62. The first kappa shape index (κ1) is 16.8. The number of benzene rings is 1. The molecule has 1 heterocycles. The van der Waals surface area contributed by atoms with Gasteiger partial charge in [0.2, 0.25) is 0 Å². The quantitative estimate of drug-likeness (QED) is 0.871. The van der Waals surface area contributed by atoms with E-state index < -0.39 is 0 Å². The van der Waals surface area contributed by atoms with E-state index in [1.165, 1.54) is 17.7 Å². The summed E-state index contributed by atoms with van der Waals surface area (Å²) in [6.45, 7) is 11.4. The number of piperazine rings is 1. The molecule has 118 valence electrons. The number of nitrogens with zero attached hydrogens (tertiary/aromatic N) is 2. The second-order valence-corrected chi connectivity index (χ2v) is 6.91. The Morgan fingerprint density at radius 1 is 1.19 bits per heavy atom. The highest BCUT2D eigenvalue weighted by Gasteiger charge is 2.22. The summed E-state index contributed by atoms with van der Waals surface area (Å²) < 4.78 is 1.16. The molecule has 1 aromatic carbocycles. The Morgan fingerprint density at radius 3 is 2.43 bits per heavy atom. The number of rotatable bonds is 5. The smallest absolute Gasteiger partial charge is 0.0426 e. The highest BCUT2D eigenvalue weighted by Crippen LogP contribution is 2.30. The molecule has 2 unspecified atom stereocenters. The zero-order valence-electron chi connectivity index (χ0n) is 13.7. The summed E-state index contributed by atoms with van der Waals surface area (Å²) in [5, 5.41) is 3.36. The molecule has 0 amide bonds. The van der Waals surface area contributed by atoms with Crippen LogP contribution in [0.5, 0.6) is 0 Å². The minimum atomic E-state index is 0.376. The zero-order chi connectivity index (χ0) is 15.4. The molecule has 0 aliphatic carbocycles. The van der Waals surface area contributed by atoms with Gasteiger partial charge in [0, 0.05) is 48.4 Å². The molecule has 1 aliphatic rings. The van der Waals surface area contributed by atoms with Gasteiger partial charge >= 0.3 is 0 Å². The van der Waals surface area contributed by atoms with E-state index in [1.54, 1.807) is 0 Å². The van der Waals surface area contributed by atoms with Gasteiger partial charge in [-0.05, 0) is 45.0 Å². The molecule has 3 nitrogen and oxygen atoms in total. The highest BCUT2D eigenvalue weighted by atomic mass is 79.9. The Morgan fingerprint density at radius 2 is 1.86 bits per heavy atom. The number of anilines is 1. The summed E-state index contributed by atoms with van der Waals surface area (Å²) in [5.74, 6) is 0. The van der Waals surface area contributed by atoms with Gasteiger partial charge in [-0.25, -0.2) is 0 Å². The second kappa shape index (κ2) is 7.61. The van der Waals surface area contributed by atoms with Gasteiger partial charge in [0.1, 0.15) is 0 Å². The van der Waals surface area contributed by atoms with Crippen LogP contribution in [0.3, 0.4) is 0 Å². The van der Waals surface area contributed by atoms with Gasteiger partial charge in [-0.1, -0.05) is 28.9 Å². The van der Waals surface area contributed by atoms with Crippen molar-refractivity contribution in [3.8, 4) is 0 Å². The van der Waals surface area contributed by atoms with Crippen LogP contribution in [0.15, 0.2) is 22.7 Å². The first-order chi connectivity index (χ1) is 10.1. The Kier molecular flexibility index (Phi) is 6.08. The van der Waals surface area contributed by atoms with Crippen molar-refractivity contribution in [3.63, 3.8) is 0 Å². The monoisotopic (exact) mass is 353 g/mol. The van der Waals surface area contributed by atoms with Crippen LogP contribution in [0.25, 0.3) is 0 Å². The number of nitrogens with one attached hydrogen (secondary N) is 1. The summed E-state index contributed by atoms with van der Waals surface area (Å²) in [4.78, 5) is 5.14. The molecule has 4 heteroatoms. The van der Waals surface area contributed by atoms with E-state index in [1.807, 2.05) is 7.05 Å². The van der Waals surface area contributed by atoms with Crippen molar-refractivity contribution in [1.82, 2.24) is 10.2 Å². The normalized spacial score (nSPS) is 19.6. The van der Waals surface area contributed by atoms with Gasteiger partial charge < -0.3 is 10.2 Å². The summed E-state index contributed by atoms with van der Waals surface area (Å²) in [6, 6.07) is 7.72. The zero-order valence-corrected chi connectivity index (χ0v) is 15.3. The lowest BCUT2D eigenvalue weighted by Crippen LogP contribution is -2.49. The highest BCUT2D eigenvalue weighted by molar-refractivity contribution is 9.10. The van der Waals surface area contributed by atoms with Crippen LogP contribution in [0.4, 0.5) is 5.69 Å². The molecule has 0 saturated carbocycles. The standard InChI is InChI=1S/C17H28BrN3/c1-5-13(2)20-8-10-21(11-9-20)17-12-15(18)6-7-16(17)14(3)19-4/h6-7,12-14,19H,5,8-11H2,1-4H3. The fourth-order valence-electron chi connectivity index (χ4n) is 2.97. The van der Waals surface area contributed by atoms with Crippen LogP contribution in [0, 0.1) is 0 Å². The van der Waals surface area contributed by atoms with Crippen molar-refractivity contribution in [2.24, 2.45) is 0 Å². The maximum atomic E-state index is 3.62. The lowest BCUT2D eigenvalue weighted by Gasteiger charge is -2.40. The van der Waals surface area contributed by atoms with Gasteiger partial charge in [0.15, 0.2) is 0 Å². The van der Waals surface area contributed by atoms with Crippen LogP contribution in [0.1, 0.15) is 38.8 Å². The third kappa shape index (κ3) is 3.99. The van der Waals surface area contributed by atoms with E-state index in [0.29, 0.717) is 12.1 Å². The molecule has 1 aliphatic heterocycles. The lowest BCUT2D eigenvalue weighted by atomic mass is 10.0. The van der Waals surface area contributed by atoms with Crippen molar-refractivity contribution in [2.75, 3.05) is 38.1 Å². The molecule has 0 radical (unpaired) electrons. The van der Waals surface area contributed by atoms with Crippen LogP contribution in [-0.2, 0) is 0 Å². The SMILES string of the molecule is CCC(C)N1CCN(c2cc(Br)ccc2C(C)NC)CC1. The number of halogens is 1. The molecule has 1 fully saturated rings. The predicted molar refractivity (Wildman–Crippen MR) is 95.2 cm³/mol. The van der Waals surface area contributed by atoms with E-state index in [-0.39, 0.29) is 0 Å². The first-order valence-corrected chi connectivity index (χ1v) is 8.81. The van der Waals surface area contributed by atoms with Crippen LogP contribution in [-0.4, -0.2) is 44.2 Å². The predicted octanol–water partition coefficient (Wildman–Crippen LogP) is 3.65. The molecule has 21 heavy (non-hydrogen) atoms. The molecule has 2 atom stereocenters. The fraction of sp³-hybridized carbons (Fsp3) is 0.647. The summed E-state index contributed by atoms with van der Waals surface area (Å²) in [7, 11) is 2.03. The molecule has 0 bridgehead atoms. The van der Waals surface area contributed by atoms with Crippen molar-refractivity contribution < 1.29 is 0 Å². The molecular weight excluding hydrogens is 326 g/mol. The third-order valence-electron chi connectivity index (χ3n) is 4.76. The van der Waals surface area contributed by atoms with Crippen LogP contribution < -0.4 is 10.2 Å². The van der Waals surface area contributed by atoms with Crippen molar-refractivity contribution in [2.45, 2.75) is 39.3 Å². The Balaban J connectivity index is 2.14. The molecular formula is C17H28BrN3. The average Bonchev–Trinajstić information content (AvgIpc) is 2.53. The maximum absolute atomic E-state index is 3.62. The Hall–Kier alpha value is -0.580. The molecule has 1 aromatic rings. The van der Waals surface area contributed by atoms with Gasteiger partial charge in [-0.3, -0.25) is 4.90 Å². The summed E-state index contributed by atoms with van der Waals surface area (Å²) in [5.41, 5.74) is 2.76. The van der Waals surface area contributed by atoms with Gasteiger partial charge in [0.05, 0.1) is 0 Å². The fourth-order valence-corrected chi connectivity index (χ4v) is 3.32. The molecule has 2 rings (SSSR count). The van der Waals surface area contributed by atoms with Gasteiger partial charge in [-0.15, -0.1) is 0 Å². The maximum Gasteiger partial charge on any atom is 0.0426 e. The largest absolute Gasteiger partial charge is 0.369 e. The van der Waals surface area contributed by atoms with E-state index in [0.717, 1.165) is 30.7 Å². The summed E-state index contributed by atoms with van der Waals surface area (Å²) in [6.07, 6.45) is 1.24. The molecule has 0 spiro atoms.